The number of nitrogens with zero attached hydrogens (tertiary/aromatic N) is 1. The van der Waals surface area contributed by atoms with Crippen molar-refractivity contribution in [3.63, 3.8) is 0 Å². The van der Waals surface area contributed by atoms with Gasteiger partial charge in [0.2, 0.25) is 5.91 Å². The third-order valence-corrected chi connectivity index (χ3v) is 4.31. The molecule has 1 fully saturated rings. The highest BCUT2D eigenvalue weighted by molar-refractivity contribution is 5.99. The lowest BCUT2D eigenvalue weighted by molar-refractivity contribution is -0.121. The highest BCUT2D eigenvalue weighted by Crippen LogP contribution is 2.42. The van der Waals surface area contributed by atoms with E-state index in [2.05, 4.69) is 10.3 Å². The summed E-state index contributed by atoms with van der Waals surface area (Å²) in [6.45, 7) is 0. The number of nitrogen functional groups attached to an aromatic ring is 1. The van der Waals surface area contributed by atoms with Crippen molar-refractivity contribution in [2.75, 3.05) is 11.1 Å². The first-order chi connectivity index (χ1) is 10.6. The Bertz CT molecular complexity index is 679. The minimum absolute atomic E-state index is 0.109. The first-order valence-corrected chi connectivity index (χ1v) is 7.39. The van der Waals surface area contributed by atoms with Gasteiger partial charge in [0.1, 0.15) is 11.6 Å². The van der Waals surface area contributed by atoms with Gasteiger partial charge in [0.25, 0.3) is 0 Å². The highest BCUT2D eigenvalue weighted by Gasteiger charge is 2.42. The Morgan fingerprint density at radius 2 is 2.00 bits per heavy atom. The Labute approximate surface area is 128 Å². The predicted molar refractivity (Wildman–Crippen MR) is 83.8 cm³/mol. The topological polar surface area (TPSA) is 68.0 Å². The van der Waals surface area contributed by atoms with Gasteiger partial charge in [0.15, 0.2) is 0 Å². The molecule has 1 aromatic heterocycles. The van der Waals surface area contributed by atoms with Crippen LogP contribution in [-0.4, -0.2) is 10.9 Å². The molecule has 3 N–H and O–H groups in total. The van der Waals surface area contributed by atoms with Gasteiger partial charge in [0, 0.05) is 0 Å². The average molecular weight is 299 g/mol. The number of halogens is 1. The zero-order valence-corrected chi connectivity index (χ0v) is 12.2. The highest BCUT2D eigenvalue weighted by atomic mass is 19.1. The molecule has 1 aromatic carbocycles. The molecular weight excluding hydrogens is 281 g/mol. The summed E-state index contributed by atoms with van der Waals surface area (Å²) in [7, 11) is 0. The van der Waals surface area contributed by atoms with E-state index in [1.807, 2.05) is 6.07 Å². The molecule has 1 aliphatic carbocycles. The number of benzene rings is 1. The lowest BCUT2D eigenvalue weighted by Gasteiger charge is -2.28. The zero-order chi connectivity index (χ0) is 15.6. The molecule has 0 spiro atoms. The fourth-order valence-electron chi connectivity index (χ4n) is 3.14. The molecule has 1 heterocycles. The maximum absolute atomic E-state index is 13.6. The lowest BCUT2D eigenvalue weighted by atomic mass is 9.78. The van der Waals surface area contributed by atoms with Crippen LogP contribution in [0.1, 0.15) is 31.2 Å². The smallest absolute Gasteiger partial charge is 0.235 e. The van der Waals surface area contributed by atoms with Gasteiger partial charge in [-0.15, -0.1) is 0 Å². The summed E-state index contributed by atoms with van der Waals surface area (Å²) in [6.07, 6.45) is 4.91. The molecule has 0 aliphatic heterocycles. The van der Waals surface area contributed by atoms with Crippen molar-refractivity contribution in [2.24, 2.45) is 0 Å². The number of hydrogen-bond donors (Lipinski definition) is 2. The fraction of sp³-hybridized carbons (Fsp3) is 0.294. The van der Waals surface area contributed by atoms with Crippen LogP contribution in [-0.2, 0) is 10.2 Å². The number of hydrogen-bond acceptors (Lipinski definition) is 3. The molecule has 1 saturated carbocycles. The van der Waals surface area contributed by atoms with Crippen LogP contribution in [0.15, 0.2) is 42.6 Å². The van der Waals surface area contributed by atoms with E-state index in [0.29, 0.717) is 11.5 Å². The Morgan fingerprint density at radius 3 is 2.64 bits per heavy atom. The maximum atomic E-state index is 13.6. The first kappa shape index (κ1) is 14.5. The minimum Gasteiger partial charge on any atom is -0.384 e. The SMILES string of the molecule is Nc1ccc(NC(=O)C2(c3cccc(F)c3)CCCC2)cn1. The minimum atomic E-state index is -0.663. The van der Waals surface area contributed by atoms with Gasteiger partial charge in [-0.2, -0.15) is 0 Å². The second-order valence-corrected chi connectivity index (χ2v) is 5.73. The Balaban J connectivity index is 1.90. The molecule has 0 radical (unpaired) electrons. The van der Waals surface area contributed by atoms with E-state index in [1.54, 1.807) is 18.2 Å². The molecule has 1 aliphatic rings. The number of amides is 1. The summed E-state index contributed by atoms with van der Waals surface area (Å²) in [5.74, 6) is -0.0217. The van der Waals surface area contributed by atoms with Crippen molar-refractivity contribution in [1.82, 2.24) is 4.98 Å². The molecule has 5 heteroatoms. The van der Waals surface area contributed by atoms with Gasteiger partial charge in [0.05, 0.1) is 17.3 Å². The number of rotatable bonds is 3. The van der Waals surface area contributed by atoms with E-state index in [9.17, 15) is 9.18 Å². The van der Waals surface area contributed by atoms with Crippen LogP contribution in [0.4, 0.5) is 15.9 Å². The second-order valence-electron chi connectivity index (χ2n) is 5.73. The third kappa shape index (κ3) is 2.66. The second kappa shape index (κ2) is 5.75. The van der Waals surface area contributed by atoms with Crippen LogP contribution >= 0.6 is 0 Å². The standard InChI is InChI=1S/C17H18FN3O/c18-13-5-3-4-12(10-13)17(8-1-2-9-17)16(22)21-14-6-7-15(19)20-11-14/h3-7,10-11H,1-2,8-9H2,(H2,19,20)(H,21,22). The van der Waals surface area contributed by atoms with Crippen LogP contribution in [0.25, 0.3) is 0 Å². The fourth-order valence-corrected chi connectivity index (χ4v) is 3.14. The van der Waals surface area contributed by atoms with Crippen molar-refractivity contribution in [3.05, 3.63) is 54.0 Å². The molecule has 0 unspecified atom stereocenters. The number of anilines is 2. The van der Waals surface area contributed by atoms with Gasteiger partial charge in [-0.25, -0.2) is 9.37 Å². The van der Waals surface area contributed by atoms with Crippen LogP contribution in [0, 0.1) is 5.82 Å². The van der Waals surface area contributed by atoms with Gasteiger partial charge < -0.3 is 11.1 Å². The molecule has 2 aromatic rings. The Hall–Kier alpha value is -2.43. The van der Waals surface area contributed by atoms with E-state index in [0.717, 1.165) is 31.2 Å². The third-order valence-electron chi connectivity index (χ3n) is 4.31. The summed E-state index contributed by atoms with van der Waals surface area (Å²) in [6, 6.07) is 9.70. The molecule has 1 amide bonds. The normalized spacial score (nSPS) is 16.4. The number of aromatic nitrogens is 1. The predicted octanol–water partition coefficient (Wildman–Crippen LogP) is 3.25. The van der Waals surface area contributed by atoms with Gasteiger partial charge >= 0.3 is 0 Å². The van der Waals surface area contributed by atoms with E-state index in [-0.39, 0.29) is 11.7 Å². The molecule has 0 bridgehead atoms. The number of nitrogens with two attached hydrogens (primary N) is 1. The molecule has 22 heavy (non-hydrogen) atoms. The molecule has 3 rings (SSSR count). The summed E-state index contributed by atoms with van der Waals surface area (Å²) in [5, 5.41) is 2.89. The van der Waals surface area contributed by atoms with Crippen molar-refractivity contribution >= 4 is 17.4 Å². The number of carbonyl (C=O) groups excluding carboxylic acids is 1. The van der Waals surface area contributed by atoms with Crippen molar-refractivity contribution in [3.8, 4) is 0 Å². The van der Waals surface area contributed by atoms with Crippen LogP contribution in [0.2, 0.25) is 0 Å². The quantitative estimate of drug-likeness (QED) is 0.914. The monoisotopic (exact) mass is 299 g/mol. The molecule has 114 valence electrons. The summed E-state index contributed by atoms with van der Waals surface area (Å²) >= 11 is 0. The van der Waals surface area contributed by atoms with Crippen LogP contribution in [0.5, 0.6) is 0 Å². The number of nitrogens with one attached hydrogen (secondary N) is 1. The Kier molecular flexibility index (Phi) is 3.79. The number of carbonyl (C=O) groups is 1. The maximum Gasteiger partial charge on any atom is 0.235 e. The lowest BCUT2D eigenvalue weighted by Crippen LogP contribution is -2.38. The first-order valence-electron chi connectivity index (χ1n) is 7.39. The van der Waals surface area contributed by atoms with Crippen molar-refractivity contribution in [1.29, 1.82) is 0 Å². The van der Waals surface area contributed by atoms with Gasteiger partial charge in [-0.1, -0.05) is 25.0 Å². The average Bonchev–Trinajstić information content (AvgIpc) is 3.00. The molecular formula is C17H18FN3O. The molecule has 4 nitrogen and oxygen atoms in total. The summed E-state index contributed by atoms with van der Waals surface area (Å²) in [4.78, 5) is 16.8. The van der Waals surface area contributed by atoms with Gasteiger partial charge in [-0.3, -0.25) is 4.79 Å². The van der Waals surface area contributed by atoms with Crippen LogP contribution in [0.3, 0.4) is 0 Å². The van der Waals surface area contributed by atoms with Crippen molar-refractivity contribution in [2.45, 2.75) is 31.1 Å². The van der Waals surface area contributed by atoms with Gasteiger partial charge in [-0.05, 0) is 42.7 Å². The largest absolute Gasteiger partial charge is 0.384 e. The van der Waals surface area contributed by atoms with E-state index >= 15 is 0 Å². The molecule has 0 atom stereocenters. The van der Waals surface area contributed by atoms with Crippen LogP contribution < -0.4 is 11.1 Å². The van der Waals surface area contributed by atoms with Crippen molar-refractivity contribution < 1.29 is 9.18 Å². The van der Waals surface area contributed by atoms with E-state index in [1.165, 1.54) is 18.3 Å². The van der Waals surface area contributed by atoms with E-state index in [4.69, 9.17) is 5.73 Å². The molecule has 0 saturated heterocycles. The Morgan fingerprint density at radius 1 is 1.23 bits per heavy atom. The number of pyridine rings is 1. The van der Waals surface area contributed by atoms with E-state index < -0.39 is 5.41 Å². The zero-order valence-electron chi connectivity index (χ0n) is 12.2. The summed E-state index contributed by atoms with van der Waals surface area (Å²) < 4.78 is 13.6. The summed E-state index contributed by atoms with van der Waals surface area (Å²) in [5.41, 5.74) is 6.23.